The Morgan fingerprint density at radius 3 is 0.917 bits per heavy atom. The third-order valence-corrected chi connectivity index (χ3v) is 8.91. The highest BCUT2D eigenvalue weighted by Gasteiger charge is 2.12. The summed E-state index contributed by atoms with van der Waals surface area (Å²) >= 11 is 0. The SMILES string of the molecule is Nc1ccc(-c2ccc3ccc4ccc(-c5cccc(-c6ccc7ccc8ccc(-c9ccc(N)cc9)nc8c7n6)c5)nc4c3n2)cc1. The van der Waals surface area contributed by atoms with E-state index in [0.717, 1.165) is 100 Å². The van der Waals surface area contributed by atoms with Gasteiger partial charge >= 0.3 is 0 Å². The molecule has 0 radical (unpaired) electrons. The van der Waals surface area contributed by atoms with E-state index in [-0.39, 0.29) is 0 Å². The van der Waals surface area contributed by atoms with Gasteiger partial charge < -0.3 is 11.5 Å². The van der Waals surface area contributed by atoms with E-state index in [0.29, 0.717) is 0 Å². The standard InChI is InChI=1S/C42H28N6/c43-33-16-8-25(9-17-33)35-20-12-27-4-6-29-14-22-37(47-41(29)39(27)45-35)31-2-1-3-32(24-31)38-23-15-30-7-5-28-13-21-36(46-40(28)42(30)48-38)26-10-18-34(44)19-11-26/h1-24H,43-44H2. The molecule has 0 amide bonds. The van der Waals surface area contributed by atoms with Gasteiger partial charge in [0.05, 0.1) is 44.8 Å². The molecule has 4 heterocycles. The van der Waals surface area contributed by atoms with E-state index < -0.39 is 0 Å². The number of pyridine rings is 4. The zero-order chi connectivity index (χ0) is 32.2. The van der Waals surface area contributed by atoms with Crippen LogP contribution >= 0.6 is 0 Å². The average molecular weight is 617 g/mol. The smallest absolute Gasteiger partial charge is 0.0972 e. The minimum atomic E-state index is 0.728. The predicted octanol–water partition coefficient (Wildman–Crippen LogP) is 9.71. The number of hydrogen-bond donors (Lipinski definition) is 2. The molecule has 9 aromatic rings. The first-order valence-corrected chi connectivity index (χ1v) is 15.8. The molecule has 6 nitrogen and oxygen atoms in total. The lowest BCUT2D eigenvalue weighted by atomic mass is 10.0. The maximum absolute atomic E-state index is 5.92. The summed E-state index contributed by atoms with van der Waals surface area (Å²) in [5.41, 5.74) is 24.3. The van der Waals surface area contributed by atoms with Crippen molar-refractivity contribution in [1.82, 2.24) is 19.9 Å². The average Bonchev–Trinajstić information content (AvgIpc) is 3.14. The summed E-state index contributed by atoms with van der Waals surface area (Å²) in [6, 6.07) is 49.0. The molecule has 9 rings (SSSR count). The lowest BCUT2D eigenvalue weighted by molar-refractivity contribution is 1.35. The number of rotatable bonds is 4. The van der Waals surface area contributed by atoms with Crippen LogP contribution in [0.25, 0.3) is 88.6 Å². The van der Waals surface area contributed by atoms with Gasteiger partial charge in [0.15, 0.2) is 0 Å². The number of anilines is 2. The van der Waals surface area contributed by atoms with E-state index in [1.807, 2.05) is 60.7 Å². The van der Waals surface area contributed by atoms with Crippen LogP contribution in [-0.4, -0.2) is 19.9 Å². The summed E-state index contributed by atoms with van der Waals surface area (Å²) in [6.07, 6.45) is 0. The second-order valence-electron chi connectivity index (χ2n) is 12.0. The molecule has 0 atom stereocenters. The van der Waals surface area contributed by atoms with Gasteiger partial charge in [0, 0.05) is 55.2 Å². The van der Waals surface area contributed by atoms with Crippen molar-refractivity contribution in [2.24, 2.45) is 0 Å². The van der Waals surface area contributed by atoms with Crippen LogP contribution in [0.3, 0.4) is 0 Å². The van der Waals surface area contributed by atoms with Gasteiger partial charge in [-0.1, -0.05) is 91.0 Å². The molecule has 0 aliphatic carbocycles. The van der Waals surface area contributed by atoms with Crippen LogP contribution in [0.15, 0.2) is 146 Å². The number of fused-ring (bicyclic) bond motifs is 6. The highest BCUT2D eigenvalue weighted by atomic mass is 14.8. The van der Waals surface area contributed by atoms with Gasteiger partial charge in [-0.15, -0.1) is 0 Å². The molecule has 0 aliphatic heterocycles. The monoisotopic (exact) mass is 616 g/mol. The molecule has 6 heteroatoms. The maximum atomic E-state index is 5.92. The molecule has 4 aromatic heterocycles. The van der Waals surface area contributed by atoms with Gasteiger partial charge in [-0.25, -0.2) is 19.9 Å². The number of nitrogens with zero attached hydrogens (tertiary/aromatic N) is 4. The van der Waals surface area contributed by atoms with Gasteiger partial charge in [-0.2, -0.15) is 0 Å². The summed E-state index contributed by atoms with van der Waals surface area (Å²) < 4.78 is 0. The Morgan fingerprint density at radius 2 is 0.583 bits per heavy atom. The number of aromatic nitrogens is 4. The van der Waals surface area contributed by atoms with Crippen molar-refractivity contribution in [2.45, 2.75) is 0 Å². The van der Waals surface area contributed by atoms with Crippen LogP contribution in [0.2, 0.25) is 0 Å². The van der Waals surface area contributed by atoms with Gasteiger partial charge in [-0.05, 0) is 54.6 Å². The van der Waals surface area contributed by atoms with Crippen molar-refractivity contribution in [3.63, 3.8) is 0 Å². The van der Waals surface area contributed by atoms with Crippen molar-refractivity contribution in [2.75, 3.05) is 11.5 Å². The molecule has 0 saturated heterocycles. The minimum Gasteiger partial charge on any atom is -0.399 e. The fourth-order valence-electron chi connectivity index (χ4n) is 6.32. The quantitative estimate of drug-likeness (QED) is 0.151. The summed E-state index contributed by atoms with van der Waals surface area (Å²) in [6.45, 7) is 0. The van der Waals surface area contributed by atoms with Crippen LogP contribution in [0.4, 0.5) is 11.4 Å². The second-order valence-corrected chi connectivity index (χ2v) is 12.0. The van der Waals surface area contributed by atoms with Crippen molar-refractivity contribution < 1.29 is 0 Å². The van der Waals surface area contributed by atoms with Gasteiger partial charge in [0.25, 0.3) is 0 Å². The van der Waals surface area contributed by atoms with E-state index in [9.17, 15) is 0 Å². The van der Waals surface area contributed by atoms with Gasteiger partial charge in [0.2, 0.25) is 0 Å². The molecule has 226 valence electrons. The molecule has 0 fully saturated rings. The molecule has 5 aromatic carbocycles. The molecule has 0 aliphatic rings. The van der Waals surface area contributed by atoms with Crippen LogP contribution in [0.5, 0.6) is 0 Å². The molecule has 4 N–H and O–H groups in total. The lowest BCUT2D eigenvalue weighted by Crippen LogP contribution is -1.93. The lowest BCUT2D eigenvalue weighted by Gasteiger charge is -2.10. The molecular formula is C42H28N6. The normalized spacial score (nSPS) is 11.5. The molecular weight excluding hydrogens is 589 g/mol. The Hall–Kier alpha value is -6.66. The van der Waals surface area contributed by atoms with Crippen LogP contribution < -0.4 is 11.5 Å². The Bertz CT molecular complexity index is 2500. The van der Waals surface area contributed by atoms with E-state index in [2.05, 4.69) is 84.9 Å². The first-order chi connectivity index (χ1) is 23.6. The Labute approximate surface area is 276 Å². The highest BCUT2D eigenvalue weighted by Crippen LogP contribution is 2.32. The second kappa shape index (κ2) is 11.0. The van der Waals surface area contributed by atoms with Crippen LogP contribution in [0, 0.1) is 0 Å². The largest absolute Gasteiger partial charge is 0.399 e. The summed E-state index contributed by atoms with van der Waals surface area (Å²) in [5.74, 6) is 0. The van der Waals surface area contributed by atoms with Gasteiger partial charge in [-0.3, -0.25) is 0 Å². The summed E-state index contributed by atoms with van der Waals surface area (Å²) in [4.78, 5) is 20.5. The predicted molar refractivity (Wildman–Crippen MR) is 198 cm³/mol. The Balaban J connectivity index is 1.13. The molecule has 0 unspecified atom stereocenters. The molecule has 0 bridgehead atoms. The third kappa shape index (κ3) is 4.84. The van der Waals surface area contributed by atoms with Gasteiger partial charge in [0.1, 0.15) is 0 Å². The van der Waals surface area contributed by atoms with Crippen LogP contribution in [0.1, 0.15) is 0 Å². The van der Waals surface area contributed by atoms with E-state index in [1.54, 1.807) is 0 Å². The Kier molecular flexibility index (Phi) is 6.33. The maximum Gasteiger partial charge on any atom is 0.0972 e. The fraction of sp³-hybridized carbons (Fsp3) is 0. The number of nitrogens with two attached hydrogens (primary N) is 2. The first-order valence-electron chi connectivity index (χ1n) is 15.8. The number of nitrogen functional groups attached to an aromatic ring is 2. The Morgan fingerprint density at radius 1 is 0.292 bits per heavy atom. The summed E-state index contributed by atoms with van der Waals surface area (Å²) in [7, 11) is 0. The molecule has 48 heavy (non-hydrogen) atoms. The third-order valence-electron chi connectivity index (χ3n) is 8.91. The van der Waals surface area contributed by atoms with E-state index in [1.165, 1.54) is 0 Å². The number of benzene rings is 5. The van der Waals surface area contributed by atoms with E-state index >= 15 is 0 Å². The highest BCUT2D eigenvalue weighted by molar-refractivity contribution is 6.05. The topological polar surface area (TPSA) is 104 Å². The van der Waals surface area contributed by atoms with Crippen molar-refractivity contribution in [1.29, 1.82) is 0 Å². The fourth-order valence-corrected chi connectivity index (χ4v) is 6.32. The molecule has 0 spiro atoms. The van der Waals surface area contributed by atoms with Crippen molar-refractivity contribution in [3.8, 4) is 45.0 Å². The minimum absolute atomic E-state index is 0.728. The molecule has 0 saturated carbocycles. The van der Waals surface area contributed by atoms with Crippen molar-refractivity contribution in [3.05, 3.63) is 146 Å². The number of hydrogen-bond acceptors (Lipinski definition) is 6. The zero-order valence-electron chi connectivity index (χ0n) is 25.8. The van der Waals surface area contributed by atoms with Crippen LogP contribution in [-0.2, 0) is 0 Å². The first kappa shape index (κ1) is 27.6. The van der Waals surface area contributed by atoms with Crippen molar-refractivity contribution >= 4 is 55.0 Å². The summed E-state index contributed by atoms with van der Waals surface area (Å²) in [5, 5.41) is 4.17. The van der Waals surface area contributed by atoms with E-state index in [4.69, 9.17) is 31.4 Å². The zero-order valence-corrected chi connectivity index (χ0v) is 25.8.